The summed E-state index contributed by atoms with van der Waals surface area (Å²) in [7, 11) is 0. The maximum atomic E-state index is 6.14. The van der Waals surface area contributed by atoms with Gasteiger partial charge in [0.1, 0.15) is 0 Å². The van der Waals surface area contributed by atoms with E-state index in [1.807, 2.05) is 18.2 Å². The van der Waals surface area contributed by atoms with E-state index in [-0.39, 0.29) is 5.41 Å². The van der Waals surface area contributed by atoms with Crippen LogP contribution in [0.1, 0.15) is 26.7 Å². The molecule has 4 heteroatoms. The van der Waals surface area contributed by atoms with E-state index in [0.717, 1.165) is 36.0 Å². The zero-order valence-electron chi connectivity index (χ0n) is 11.5. The standard InChI is InChI=1S/C15H20ClN3/c1-3-15(4-2,10-16)11-17-14-9-18-19-13-8-6-5-7-12(13)14/h5-9H,3-4,10-11H2,1-2H3,(H,17,19). The fourth-order valence-electron chi connectivity index (χ4n) is 2.17. The Hall–Kier alpha value is -1.35. The number of aromatic nitrogens is 2. The summed E-state index contributed by atoms with van der Waals surface area (Å²) in [6, 6.07) is 8.03. The van der Waals surface area contributed by atoms with Gasteiger partial charge in [0.2, 0.25) is 0 Å². The van der Waals surface area contributed by atoms with E-state index in [2.05, 4.69) is 35.4 Å². The molecule has 19 heavy (non-hydrogen) atoms. The van der Waals surface area contributed by atoms with Crippen LogP contribution in [-0.4, -0.2) is 22.6 Å². The third-order valence-electron chi connectivity index (χ3n) is 3.98. The summed E-state index contributed by atoms with van der Waals surface area (Å²) >= 11 is 6.14. The van der Waals surface area contributed by atoms with E-state index >= 15 is 0 Å². The Bertz CT molecular complexity index is 524. The first-order valence-corrected chi connectivity index (χ1v) is 7.28. The molecule has 1 N–H and O–H groups in total. The highest BCUT2D eigenvalue weighted by atomic mass is 35.5. The van der Waals surface area contributed by atoms with Gasteiger partial charge >= 0.3 is 0 Å². The van der Waals surface area contributed by atoms with Gasteiger partial charge in [-0.3, -0.25) is 0 Å². The van der Waals surface area contributed by atoms with Crippen LogP contribution in [-0.2, 0) is 0 Å². The normalized spacial score (nSPS) is 11.7. The van der Waals surface area contributed by atoms with Crippen LogP contribution >= 0.6 is 11.6 Å². The molecule has 3 nitrogen and oxygen atoms in total. The van der Waals surface area contributed by atoms with Gasteiger partial charge in [-0.1, -0.05) is 32.0 Å². The van der Waals surface area contributed by atoms with Crippen LogP contribution in [0.15, 0.2) is 30.5 Å². The van der Waals surface area contributed by atoms with E-state index in [9.17, 15) is 0 Å². The molecule has 0 saturated carbocycles. The maximum Gasteiger partial charge on any atom is 0.0950 e. The maximum absolute atomic E-state index is 6.14. The number of hydrogen-bond donors (Lipinski definition) is 1. The summed E-state index contributed by atoms with van der Waals surface area (Å²) < 4.78 is 0. The van der Waals surface area contributed by atoms with Gasteiger partial charge in [0.25, 0.3) is 0 Å². The Morgan fingerprint density at radius 1 is 1.21 bits per heavy atom. The largest absolute Gasteiger partial charge is 0.383 e. The van der Waals surface area contributed by atoms with Gasteiger partial charge in [-0.2, -0.15) is 10.2 Å². The van der Waals surface area contributed by atoms with Crippen molar-refractivity contribution in [3.63, 3.8) is 0 Å². The van der Waals surface area contributed by atoms with Crippen molar-refractivity contribution in [1.82, 2.24) is 10.2 Å². The topological polar surface area (TPSA) is 37.8 Å². The number of anilines is 1. The second-order valence-corrected chi connectivity index (χ2v) is 5.24. The fraction of sp³-hybridized carbons (Fsp3) is 0.467. The van der Waals surface area contributed by atoms with Crippen LogP contribution in [0.3, 0.4) is 0 Å². The SMILES string of the molecule is CCC(CC)(CCl)CNc1cnnc2ccccc12. The van der Waals surface area contributed by atoms with Gasteiger partial charge in [0.15, 0.2) is 0 Å². The van der Waals surface area contributed by atoms with Crippen molar-refractivity contribution in [1.29, 1.82) is 0 Å². The van der Waals surface area contributed by atoms with Gasteiger partial charge in [-0.25, -0.2) is 0 Å². The molecule has 0 aliphatic carbocycles. The quantitative estimate of drug-likeness (QED) is 0.808. The van der Waals surface area contributed by atoms with E-state index < -0.39 is 0 Å². The number of rotatable bonds is 6. The van der Waals surface area contributed by atoms with Gasteiger partial charge in [-0.05, 0) is 18.9 Å². The molecule has 0 atom stereocenters. The van der Waals surface area contributed by atoms with E-state index in [0.29, 0.717) is 5.88 Å². The van der Waals surface area contributed by atoms with Crippen LogP contribution in [0.2, 0.25) is 0 Å². The summed E-state index contributed by atoms with van der Waals surface area (Å²) in [6.45, 7) is 5.24. The lowest BCUT2D eigenvalue weighted by Crippen LogP contribution is -2.30. The fourth-order valence-corrected chi connectivity index (χ4v) is 2.64. The van der Waals surface area contributed by atoms with Crippen molar-refractivity contribution in [3.8, 4) is 0 Å². The predicted octanol–water partition coefficient (Wildman–Crippen LogP) is 4.09. The smallest absolute Gasteiger partial charge is 0.0950 e. The highest BCUT2D eigenvalue weighted by Gasteiger charge is 2.24. The predicted molar refractivity (Wildman–Crippen MR) is 81.8 cm³/mol. The van der Waals surface area contributed by atoms with Crippen LogP contribution in [0.5, 0.6) is 0 Å². The van der Waals surface area contributed by atoms with E-state index in [4.69, 9.17) is 11.6 Å². The summed E-state index contributed by atoms with van der Waals surface area (Å²) in [5.74, 6) is 0.670. The molecule has 2 rings (SSSR count). The van der Waals surface area contributed by atoms with Gasteiger partial charge < -0.3 is 5.32 Å². The number of hydrogen-bond acceptors (Lipinski definition) is 3. The lowest BCUT2D eigenvalue weighted by molar-refractivity contribution is 0.327. The highest BCUT2D eigenvalue weighted by molar-refractivity contribution is 6.18. The average Bonchev–Trinajstić information content (AvgIpc) is 2.49. The molecule has 0 aliphatic heterocycles. The first-order valence-electron chi connectivity index (χ1n) is 6.75. The zero-order chi connectivity index (χ0) is 13.7. The number of fused-ring (bicyclic) bond motifs is 1. The Morgan fingerprint density at radius 3 is 2.63 bits per heavy atom. The minimum absolute atomic E-state index is 0.145. The van der Waals surface area contributed by atoms with Gasteiger partial charge in [-0.15, -0.1) is 11.6 Å². The molecule has 0 saturated heterocycles. The van der Waals surface area contributed by atoms with Crippen molar-refractivity contribution < 1.29 is 0 Å². The summed E-state index contributed by atoms with van der Waals surface area (Å²) in [4.78, 5) is 0. The molecular formula is C15H20ClN3. The molecule has 1 heterocycles. The number of nitrogens with one attached hydrogen (secondary N) is 1. The molecule has 1 aromatic carbocycles. The molecule has 0 fully saturated rings. The lowest BCUT2D eigenvalue weighted by atomic mass is 9.84. The molecule has 0 unspecified atom stereocenters. The minimum Gasteiger partial charge on any atom is -0.383 e. The summed E-state index contributed by atoms with van der Waals surface area (Å²) in [6.07, 6.45) is 3.92. The highest BCUT2D eigenvalue weighted by Crippen LogP contribution is 2.29. The second-order valence-electron chi connectivity index (χ2n) is 4.97. The monoisotopic (exact) mass is 277 g/mol. The third-order valence-corrected chi connectivity index (χ3v) is 4.55. The number of halogens is 1. The summed E-state index contributed by atoms with van der Waals surface area (Å²) in [5.41, 5.74) is 2.09. The molecule has 0 amide bonds. The second kappa shape index (κ2) is 6.20. The van der Waals surface area contributed by atoms with Crippen molar-refractivity contribution in [2.24, 2.45) is 5.41 Å². The number of nitrogens with zero attached hydrogens (tertiary/aromatic N) is 2. The van der Waals surface area contributed by atoms with Crippen LogP contribution in [0, 0.1) is 5.41 Å². The Labute approximate surface area is 119 Å². The zero-order valence-corrected chi connectivity index (χ0v) is 12.2. The van der Waals surface area contributed by atoms with Crippen molar-refractivity contribution in [2.45, 2.75) is 26.7 Å². The first-order chi connectivity index (χ1) is 9.24. The number of alkyl halides is 1. The van der Waals surface area contributed by atoms with Crippen molar-refractivity contribution in [3.05, 3.63) is 30.5 Å². The lowest BCUT2D eigenvalue weighted by Gasteiger charge is -2.30. The van der Waals surface area contributed by atoms with Gasteiger partial charge in [0.05, 0.1) is 17.4 Å². The molecule has 1 aromatic heterocycles. The molecular weight excluding hydrogens is 258 g/mol. The minimum atomic E-state index is 0.145. The van der Waals surface area contributed by atoms with Crippen molar-refractivity contribution in [2.75, 3.05) is 17.7 Å². The Morgan fingerprint density at radius 2 is 1.95 bits per heavy atom. The average molecular weight is 278 g/mol. The molecule has 0 aliphatic rings. The van der Waals surface area contributed by atoms with Crippen LogP contribution in [0.25, 0.3) is 10.9 Å². The molecule has 102 valence electrons. The molecule has 0 spiro atoms. The molecule has 0 radical (unpaired) electrons. The van der Waals surface area contributed by atoms with Crippen LogP contribution in [0.4, 0.5) is 5.69 Å². The molecule has 2 aromatic rings. The van der Waals surface area contributed by atoms with E-state index in [1.54, 1.807) is 6.20 Å². The van der Waals surface area contributed by atoms with E-state index in [1.165, 1.54) is 0 Å². The Kier molecular flexibility index (Phi) is 4.59. The summed E-state index contributed by atoms with van der Waals surface area (Å²) in [5, 5.41) is 12.8. The van der Waals surface area contributed by atoms with Gasteiger partial charge in [0, 0.05) is 23.2 Å². The first kappa shape index (κ1) is 14.1. The Balaban J connectivity index is 2.22. The van der Waals surface area contributed by atoms with Crippen molar-refractivity contribution >= 4 is 28.2 Å². The van der Waals surface area contributed by atoms with Crippen LogP contribution < -0.4 is 5.32 Å². The number of benzene rings is 1. The molecule has 0 bridgehead atoms. The third kappa shape index (κ3) is 2.98.